The first-order valence-corrected chi connectivity index (χ1v) is 18.3. The van der Waals surface area contributed by atoms with Crippen LogP contribution < -0.4 is 24.7 Å². The fourth-order valence-electron chi connectivity index (χ4n) is 7.26. The Balaban J connectivity index is 0.851. The third-order valence-electron chi connectivity index (χ3n) is 10.3. The number of aromatic hydroxyl groups is 1. The van der Waals surface area contributed by atoms with Gasteiger partial charge in [-0.3, -0.25) is 19.6 Å². The maximum absolute atomic E-state index is 13.7. The Labute approximate surface area is 318 Å². The fraction of sp³-hybridized carbons (Fsp3) is 0.256. The second-order valence-corrected chi connectivity index (χ2v) is 13.8. The highest BCUT2D eigenvalue weighted by Gasteiger charge is 2.35. The Morgan fingerprint density at radius 2 is 1.11 bits per heavy atom. The molecule has 0 spiro atoms. The van der Waals surface area contributed by atoms with Gasteiger partial charge in [-0.2, -0.15) is 0 Å². The van der Waals surface area contributed by atoms with E-state index in [1.807, 2.05) is 55.0 Å². The zero-order valence-corrected chi connectivity index (χ0v) is 30.6. The molecule has 0 aromatic heterocycles. The van der Waals surface area contributed by atoms with Crippen LogP contribution in [0.4, 0.5) is 17.1 Å². The van der Waals surface area contributed by atoms with E-state index in [0.717, 1.165) is 41.5 Å². The number of fused-ring (bicyclic) bond motifs is 4. The predicted molar refractivity (Wildman–Crippen MR) is 211 cm³/mol. The summed E-state index contributed by atoms with van der Waals surface area (Å²) in [5.74, 6) is 1.86. The first-order valence-electron chi connectivity index (χ1n) is 18.3. The average Bonchev–Trinajstić information content (AvgIpc) is 3.78. The zero-order chi connectivity index (χ0) is 38.1. The molecular formula is C43H41N5O7. The second-order valence-electron chi connectivity index (χ2n) is 13.8. The molecule has 280 valence electrons. The van der Waals surface area contributed by atoms with Gasteiger partial charge in [-0.15, -0.1) is 0 Å². The highest BCUT2D eigenvalue weighted by atomic mass is 16.5. The number of ether oxygens (including phenoxy) is 4. The molecule has 12 nitrogen and oxygen atoms in total. The first kappa shape index (κ1) is 35.5. The Hall–Kier alpha value is -6.56. The van der Waals surface area contributed by atoms with Gasteiger partial charge in [-0.1, -0.05) is 24.3 Å². The summed E-state index contributed by atoms with van der Waals surface area (Å²) in [5, 5.41) is 9.66. The van der Waals surface area contributed by atoms with Crippen molar-refractivity contribution in [2.45, 2.75) is 44.2 Å². The lowest BCUT2D eigenvalue weighted by atomic mass is 10.0. The van der Waals surface area contributed by atoms with Crippen LogP contribution in [0.2, 0.25) is 0 Å². The number of rotatable bonds is 12. The van der Waals surface area contributed by atoms with Crippen LogP contribution in [0.5, 0.6) is 28.7 Å². The van der Waals surface area contributed by atoms with Crippen LogP contribution in [0.15, 0.2) is 95.2 Å². The number of carbonyl (C=O) groups excluding carboxylic acids is 2. The number of phenolic OH excluding ortho intramolecular Hbond substituents is 1. The fourth-order valence-corrected chi connectivity index (χ4v) is 7.26. The summed E-state index contributed by atoms with van der Waals surface area (Å²) in [4.78, 5) is 40.1. The third kappa shape index (κ3) is 7.10. The van der Waals surface area contributed by atoms with E-state index in [-0.39, 0.29) is 29.6 Å². The summed E-state index contributed by atoms with van der Waals surface area (Å²) >= 11 is 0. The molecular weight excluding hydrogens is 699 g/mol. The van der Waals surface area contributed by atoms with Crippen molar-refractivity contribution in [2.24, 2.45) is 9.98 Å². The normalized spacial score (nSPS) is 18.1. The number of methoxy groups -OCH3 is 2. The number of phenols is 1. The van der Waals surface area contributed by atoms with Gasteiger partial charge in [0.05, 0.1) is 62.0 Å². The lowest BCUT2D eigenvalue weighted by Crippen LogP contribution is -2.32. The molecule has 4 aromatic rings. The average molecular weight is 740 g/mol. The molecule has 0 radical (unpaired) electrons. The Bertz CT molecular complexity index is 2100. The Morgan fingerprint density at radius 1 is 0.655 bits per heavy atom. The number of benzene rings is 4. The number of unbranched alkanes of at least 4 members (excludes halogenated alkanes) is 2. The van der Waals surface area contributed by atoms with E-state index in [4.69, 9.17) is 29.7 Å². The molecule has 0 fully saturated rings. The van der Waals surface area contributed by atoms with Crippen molar-refractivity contribution in [3.8, 4) is 28.7 Å². The van der Waals surface area contributed by atoms with E-state index in [2.05, 4.69) is 4.99 Å². The molecule has 8 rings (SSSR count). The van der Waals surface area contributed by atoms with Gasteiger partial charge in [-0.05, 0) is 77.9 Å². The molecule has 3 N–H and O–H groups in total. The van der Waals surface area contributed by atoms with Crippen LogP contribution in [0.3, 0.4) is 0 Å². The van der Waals surface area contributed by atoms with Gasteiger partial charge in [0.15, 0.2) is 23.0 Å². The summed E-state index contributed by atoms with van der Waals surface area (Å²) in [6.45, 7) is 0.875. The van der Waals surface area contributed by atoms with Gasteiger partial charge < -0.3 is 39.6 Å². The quantitative estimate of drug-likeness (QED) is 0.112. The van der Waals surface area contributed by atoms with Crippen LogP contribution in [0, 0.1) is 0 Å². The van der Waals surface area contributed by atoms with Crippen LogP contribution in [0.25, 0.3) is 11.1 Å². The smallest absolute Gasteiger partial charge is 0.260 e. The molecule has 4 heterocycles. The maximum Gasteiger partial charge on any atom is 0.260 e. The summed E-state index contributed by atoms with van der Waals surface area (Å²) in [7, 11) is 3.11. The van der Waals surface area contributed by atoms with Crippen LogP contribution in [-0.2, 0) is 0 Å². The number of nitrogens with two attached hydrogens (primary N) is 1. The zero-order valence-electron chi connectivity index (χ0n) is 30.6. The molecule has 0 aliphatic carbocycles. The molecule has 2 amide bonds. The van der Waals surface area contributed by atoms with Gasteiger partial charge in [0, 0.05) is 55.5 Å². The number of aliphatic imine (C=N–C) groups is 2. The van der Waals surface area contributed by atoms with Crippen LogP contribution >= 0.6 is 0 Å². The minimum absolute atomic E-state index is 0.143. The molecule has 0 saturated heterocycles. The molecule has 1 unspecified atom stereocenters. The van der Waals surface area contributed by atoms with Crippen molar-refractivity contribution in [3.05, 3.63) is 107 Å². The van der Waals surface area contributed by atoms with Crippen molar-refractivity contribution in [2.75, 3.05) is 33.2 Å². The minimum atomic E-state index is -0.215. The molecule has 0 bridgehead atoms. The number of carbonyl (C=O) groups is 2. The number of amides is 2. The Morgan fingerprint density at radius 3 is 1.56 bits per heavy atom. The monoisotopic (exact) mass is 739 g/mol. The predicted octanol–water partition coefficient (Wildman–Crippen LogP) is 7.56. The van der Waals surface area contributed by atoms with Gasteiger partial charge in [0.1, 0.15) is 5.75 Å². The van der Waals surface area contributed by atoms with E-state index >= 15 is 0 Å². The minimum Gasteiger partial charge on any atom is -0.508 e. The van der Waals surface area contributed by atoms with Gasteiger partial charge >= 0.3 is 0 Å². The number of hydrogen-bond donors (Lipinski definition) is 2. The van der Waals surface area contributed by atoms with Crippen molar-refractivity contribution in [1.29, 1.82) is 0 Å². The maximum atomic E-state index is 13.7. The molecule has 4 aliphatic heterocycles. The Kier molecular flexibility index (Phi) is 9.71. The number of nitrogen functional groups attached to an aromatic ring is 1. The summed E-state index contributed by atoms with van der Waals surface area (Å²) in [6.07, 6.45) is 11.0. The topological polar surface area (TPSA) is 149 Å². The van der Waals surface area contributed by atoms with E-state index in [1.54, 1.807) is 66.6 Å². The largest absolute Gasteiger partial charge is 0.508 e. The number of hydrogen-bond acceptors (Lipinski definition) is 10. The SMILES string of the molecule is COc1cc2c(cc1OCCCCCOc1cc3c(cc1OC)C(=O)N1C=C(c4ccc(O)cc4)C[C@H]1C=N3)N=CC1CC(c3ccc(N)cc3)=CN1C2=O. The summed E-state index contributed by atoms with van der Waals surface area (Å²) in [5.41, 5.74) is 12.5. The summed E-state index contributed by atoms with van der Waals surface area (Å²) in [6, 6.07) is 21.1. The molecule has 55 heavy (non-hydrogen) atoms. The highest BCUT2D eigenvalue weighted by molar-refractivity contribution is 6.06. The van der Waals surface area contributed by atoms with E-state index in [1.165, 1.54) is 0 Å². The van der Waals surface area contributed by atoms with E-state index in [9.17, 15) is 14.7 Å². The van der Waals surface area contributed by atoms with Crippen molar-refractivity contribution < 1.29 is 33.6 Å². The third-order valence-corrected chi connectivity index (χ3v) is 10.3. The molecule has 0 saturated carbocycles. The molecule has 4 aliphatic rings. The first-order chi connectivity index (χ1) is 26.8. The number of anilines is 1. The van der Waals surface area contributed by atoms with Gasteiger partial charge in [-0.25, -0.2) is 0 Å². The van der Waals surface area contributed by atoms with E-state index < -0.39 is 0 Å². The van der Waals surface area contributed by atoms with Crippen molar-refractivity contribution in [3.63, 3.8) is 0 Å². The van der Waals surface area contributed by atoms with Gasteiger partial charge in [0.2, 0.25) is 0 Å². The second kappa shape index (κ2) is 15.1. The van der Waals surface area contributed by atoms with Gasteiger partial charge in [0.25, 0.3) is 11.8 Å². The summed E-state index contributed by atoms with van der Waals surface area (Å²) < 4.78 is 23.5. The molecule has 4 aromatic carbocycles. The lowest BCUT2D eigenvalue weighted by Gasteiger charge is -2.19. The highest BCUT2D eigenvalue weighted by Crippen LogP contribution is 2.42. The molecule has 2 atom stereocenters. The van der Waals surface area contributed by atoms with Crippen LogP contribution in [-0.4, -0.2) is 78.7 Å². The van der Waals surface area contributed by atoms with Crippen LogP contribution in [0.1, 0.15) is 63.9 Å². The standard InChI is InChI=1S/C43H41N5O7/c1-52-38-18-34-36(45-22-31-16-28(24-47(31)42(34)50)26-6-10-30(44)11-7-26)20-40(38)54-14-4-3-5-15-55-41-21-37-35(19-39(41)53-2)43(51)48-25-29(17-32(48)23-46-37)27-8-12-33(49)13-9-27/h6-13,18-25,31-32,49H,3-5,14-17,44H2,1-2H3/t31?,32-/m0/s1. The van der Waals surface area contributed by atoms with Crippen molar-refractivity contribution >= 4 is 52.5 Å². The molecule has 12 heteroatoms. The van der Waals surface area contributed by atoms with E-state index in [0.29, 0.717) is 77.2 Å². The van der Waals surface area contributed by atoms with Crippen molar-refractivity contribution in [1.82, 2.24) is 9.80 Å². The number of nitrogens with zero attached hydrogens (tertiary/aromatic N) is 4. The lowest BCUT2D eigenvalue weighted by molar-refractivity contribution is 0.0809.